The van der Waals surface area contributed by atoms with E-state index in [1.807, 2.05) is 19.9 Å². The summed E-state index contributed by atoms with van der Waals surface area (Å²) in [4.78, 5) is 32.9. The number of nitrogens with one attached hydrogen (secondary N) is 2. The van der Waals surface area contributed by atoms with E-state index in [2.05, 4.69) is 48.4 Å². The number of methoxy groups -OCH3 is 1. The van der Waals surface area contributed by atoms with Gasteiger partial charge in [0.1, 0.15) is 5.82 Å². The minimum absolute atomic E-state index is 0.119. The molecule has 0 atom stereocenters. The number of halogens is 2. The van der Waals surface area contributed by atoms with Gasteiger partial charge < -0.3 is 14.8 Å². The number of aryl methyl sites for hydroxylation is 2. The molecule has 3 aromatic rings. The number of hydrazone groups is 1. The van der Waals surface area contributed by atoms with Gasteiger partial charge in [0, 0.05) is 17.1 Å². The van der Waals surface area contributed by atoms with Crippen molar-refractivity contribution in [1.82, 2.24) is 15.4 Å². The lowest BCUT2D eigenvalue weighted by Crippen LogP contribution is -2.20. The topological polar surface area (TPSA) is 115 Å². The maximum atomic E-state index is 13.0. The van der Waals surface area contributed by atoms with Gasteiger partial charge in [-0.1, -0.05) is 11.8 Å². The number of ether oxygens (including phenoxy) is 2. The third kappa shape index (κ3) is 8.45. The van der Waals surface area contributed by atoms with E-state index in [1.165, 1.54) is 49.4 Å². The van der Waals surface area contributed by atoms with Crippen LogP contribution in [0.1, 0.15) is 17.0 Å². The molecule has 1 aromatic heterocycles. The molecular formula is C24H23FIN5O4S. The normalized spacial score (nSPS) is 10.8. The van der Waals surface area contributed by atoms with Crippen molar-refractivity contribution in [3.05, 3.63) is 68.8 Å². The maximum Gasteiger partial charge on any atom is 0.262 e. The van der Waals surface area contributed by atoms with E-state index in [9.17, 15) is 14.0 Å². The van der Waals surface area contributed by atoms with Gasteiger partial charge in [-0.2, -0.15) is 5.10 Å². The maximum absolute atomic E-state index is 13.0. The van der Waals surface area contributed by atoms with E-state index in [1.54, 1.807) is 12.1 Å². The number of nitrogens with zero attached hydrogens (tertiary/aromatic N) is 3. The minimum atomic E-state index is -0.406. The van der Waals surface area contributed by atoms with Crippen LogP contribution < -0.4 is 20.2 Å². The number of anilines is 1. The zero-order valence-electron chi connectivity index (χ0n) is 19.7. The first kappa shape index (κ1) is 27.3. The molecule has 12 heteroatoms. The molecule has 9 nitrogen and oxygen atoms in total. The van der Waals surface area contributed by atoms with Crippen molar-refractivity contribution in [3.8, 4) is 11.5 Å². The largest absolute Gasteiger partial charge is 0.493 e. The molecule has 188 valence electrons. The summed E-state index contributed by atoms with van der Waals surface area (Å²) in [6.07, 6.45) is 1.48. The molecule has 0 radical (unpaired) electrons. The van der Waals surface area contributed by atoms with Gasteiger partial charge in [0.05, 0.1) is 22.6 Å². The Balaban J connectivity index is 1.54. The van der Waals surface area contributed by atoms with Crippen molar-refractivity contribution in [2.75, 3.05) is 24.8 Å². The molecular weight excluding hydrogens is 600 g/mol. The van der Waals surface area contributed by atoms with Crippen molar-refractivity contribution in [3.63, 3.8) is 0 Å². The zero-order chi connectivity index (χ0) is 26.1. The Bertz CT molecular complexity index is 1250. The van der Waals surface area contributed by atoms with Crippen LogP contribution in [-0.4, -0.2) is 47.5 Å². The average Bonchev–Trinajstić information content (AvgIpc) is 2.82. The summed E-state index contributed by atoms with van der Waals surface area (Å²) >= 11 is 3.28. The predicted octanol–water partition coefficient (Wildman–Crippen LogP) is 4.11. The second-order valence-electron chi connectivity index (χ2n) is 7.39. The minimum Gasteiger partial charge on any atom is -0.493 e. The number of rotatable bonds is 10. The molecule has 0 fully saturated rings. The second kappa shape index (κ2) is 13.2. The quantitative estimate of drug-likeness (QED) is 0.115. The molecule has 0 saturated carbocycles. The fraction of sp³-hybridized carbons (Fsp3) is 0.208. The van der Waals surface area contributed by atoms with Crippen LogP contribution in [0.25, 0.3) is 0 Å². The number of amides is 2. The van der Waals surface area contributed by atoms with E-state index >= 15 is 0 Å². The Labute approximate surface area is 225 Å². The van der Waals surface area contributed by atoms with Crippen LogP contribution in [0.5, 0.6) is 11.5 Å². The standard InChI is InChI=1S/C24H23FIN5O4S/c1-14-8-15(2)29-24(28-14)36-13-22(33)31-27-11-16-9-19(26)23(20(10-16)34-3)35-12-21(32)30-18-6-4-17(25)5-7-18/h4-11H,12-13H2,1-3H3,(H,30,32)(H,31,33)/b27-11-. The number of benzene rings is 2. The molecule has 2 amide bonds. The Morgan fingerprint density at radius 1 is 1.11 bits per heavy atom. The van der Waals surface area contributed by atoms with Gasteiger partial charge in [-0.25, -0.2) is 19.8 Å². The first-order valence-electron chi connectivity index (χ1n) is 10.6. The Morgan fingerprint density at radius 2 is 1.81 bits per heavy atom. The summed E-state index contributed by atoms with van der Waals surface area (Å²) in [6.45, 7) is 3.48. The van der Waals surface area contributed by atoms with Gasteiger partial charge >= 0.3 is 0 Å². The summed E-state index contributed by atoms with van der Waals surface area (Å²) in [7, 11) is 1.48. The number of thioether (sulfide) groups is 1. The fourth-order valence-corrected chi connectivity index (χ4v) is 4.44. The van der Waals surface area contributed by atoms with Crippen molar-refractivity contribution in [1.29, 1.82) is 0 Å². The van der Waals surface area contributed by atoms with Crippen molar-refractivity contribution >= 4 is 58.1 Å². The van der Waals surface area contributed by atoms with Crippen LogP contribution in [-0.2, 0) is 9.59 Å². The van der Waals surface area contributed by atoms with Crippen LogP contribution in [0.2, 0.25) is 0 Å². The number of carbonyl (C=O) groups excluding carboxylic acids is 2. The highest BCUT2D eigenvalue weighted by molar-refractivity contribution is 14.1. The van der Waals surface area contributed by atoms with Crippen molar-refractivity contribution < 1.29 is 23.5 Å². The van der Waals surface area contributed by atoms with Crippen molar-refractivity contribution in [2.24, 2.45) is 5.10 Å². The molecule has 0 aliphatic heterocycles. The second-order valence-corrected chi connectivity index (χ2v) is 9.50. The molecule has 0 unspecified atom stereocenters. The van der Waals surface area contributed by atoms with Gasteiger partial charge in [-0.15, -0.1) is 0 Å². The Kier molecular flexibility index (Phi) is 9.99. The van der Waals surface area contributed by atoms with Crippen LogP contribution in [0.15, 0.2) is 52.7 Å². The first-order valence-corrected chi connectivity index (χ1v) is 12.6. The zero-order valence-corrected chi connectivity index (χ0v) is 22.6. The fourth-order valence-electron chi connectivity index (χ4n) is 2.92. The number of aromatic nitrogens is 2. The molecule has 2 aromatic carbocycles. The molecule has 1 heterocycles. The van der Waals surface area contributed by atoms with Gasteiger partial charge in [0.2, 0.25) is 0 Å². The molecule has 3 rings (SSSR count). The van der Waals surface area contributed by atoms with E-state index < -0.39 is 11.7 Å². The lowest BCUT2D eigenvalue weighted by Gasteiger charge is -2.13. The monoisotopic (exact) mass is 623 g/mol. The molecule has 0 bridgehead atoms. The van der Waals surface area contributed by atoms with Gasteiger partial charge in [-0.05, 0) is 84.5 Å². The lowest BCUT2D eigenvalue weighted by molar-refractivity contribution is -0.119. The highest BCUT2D eigenvalue weighted by atomic mass is 127. The summed E-state index contributed by atoms with van der Waals surface area (Å²) in [5.41, 5.74) is 5.27. The number of hydrogen-bond acceptors (Lipinski definition) is 8. The van der Waals surface area contributed by atoms with Crippen molar-refractivity contribution in [2.45, 2.75) is 19.0 Å². The van der Waals surface area contributed by atoms with Crippen LogP contribution in [0.4, 0.5) is 10.1 Å². The summed E-state index contributed by atoms with van der Waals surface area (Å²) < 4.78 is 24.7. The smallest absolute Gasteiger partial charge is 0.262 e. The van der Waals surface area contributed by atoms with Crippen LogP contribution >= 0.6 is 34.4 Å². The number of carbonyl (C=O) groups is 2. The molecule has 36 heavy (non-hydrogen) atoms. The summed E-state index contributed by atoms with van der Waals surface area (Å²) in [5.74, 6) is -0.194. The highest BCUT2D eigenvalue weighted by Gasteiger charge is 2.14. The Hall–Kier alpha value is -3.26. The molecule has 2 N–H and O–H groups in total. The van der Waals surface area contributed by atoms with Gasteiger partial charge in [0.15, 0.2) is 23.3 Å². The van der Waals surface area contributed by atoms with Gasteiger partial charge in [0.25, 0.3) is 11.8 Å². The molecule has 0 spiro atoms. The van der Waals surface area contributed by atoms with Crippen LogP contribution in [0.3, 0.4) is 0 Å². The van der Waals surface area contributed by atoms with E-state index in [-0.39, 0.29) is 18.3 Å². The third-order valence-electron chi connectivity index (χ3n) is 4.42. The Morgan fingerprint density at radius 3 is 2.47 bits per heavy atom. The summed E-state index contributed by atoms with van der Waals surface area (Å²) in [6, 6.07) is 10.7. The van der Waals surface area contributed by atoms with E-state index in [0.717, 1.165) is 11.4 Å². The molecule has 0 aliphatic rings. The third-order valence-corrected chi connectivity index (χ3v) is 6.07. The highest BCUT2D eigenvalue weighted by Crippen LogP contribution is 2.33. The van der Waals surface area contributed by atoms with Crippen LogP contribution in [0, 0.1) is 23.2 Å². The number of hydrogen-bond donors (Lipinski definition) is 2. The predicted molar refractivity (Wildman–Crippen MR) is 144 cm³/mol. The first-order chi connectivity index (χ1) is 17.2. The molecule has 0 aliphatic carbocycles. The van der Waals surface area contributed by atoms with E-state index in [4.69, 9.17) is 9.47 Å². The SMILES string of the molecule is COc1cc(/C=N\NC(=O)CSc2nc(C)cc(C)n2)cc(I)c1OCC(=O)Nc1ccc(F)cc1. The lowest BCUT2D eigenvalue weighted by atomic mass is 10.2. The van der Waals surface area contributed by atoms with Gasteiger partial charge in [-0.3, -0.25) is 9.59 Å². The molecule has 0 saturated heterocycles. The average molecular weight is 623 g/mol. The van der Waals surface area contributed by atoms with E-state index in [0.29, 0.717) is 31.5 Å². The summed E-state index contributed by atoms with van der Waals surface area (Å²) in [5, 5.41) is 7.16.